The first-order valence-electron chi connectivity index (χ1n) is 11.8. The van der Waals surface area contributed by atoms with E-state index in [2.05, 4.69) is 21.2 Å². The highest BCUT2D eigenvalue weighted by Gasteiger charge is 2.33. The van der Waals surface area contributed by atoms with Crippen molar-refractivity contribution in [3.05, 3.63) is 93.9 Å². The predicted molar refractivity (Wildman–Crippen MR) is 150 cm³/mol. The maximum Gasteiger partial charge on any atom is 0.264 e. The van der Waals surface area contributed by atoms with Crippen LogP contribution in [0, 0.1) is 0 Å². The van der Waals surface area contributed by atoms with Crippen molar-refractivity contribution in [3.63, 3.8) is 0 Å². The van der Waals surface area contributed by atoms with Crippen LogP contribution in [0.2, 0.25) is 5.02 Å². The molecule has 0 heterocycles. The summed E-state index contributed by atoms with van der Waals surface area (Å²) < 4.78 is 29.2. The predicted octanol–water partition coefficient (Wildman–Crippen LogP) is 5.24. The van der Waals surface area contributed by atoms with Crippen LogP contribution in [-0.4, -0.2) is 44.3 Å². The smallest absolute Gasteiger partial charge is 0.264 e. The molecule has 0 aliphatic carbocycles. The molecule has 37 heavy (non-hydrogen) atoms. The van der Waals surface area contributed by atoms with E-state index < -0.39 is 28.5 Å². The third-order valence-electron chi connectivity index (χ3n) is 5.71. The minimum Gasteiger partial charge on any atom is -0.355 e. The van der Waals surface area contributed by atoms with Crippen molar-refractivity contribution in [2.24, 2.45) is 0 Å². The highest BCUT2D eigenvalue weighted by molar-refractivity contribution is 9.10. The van der Waals surface area contributed by atoms with Gasteiger partial charge in [0.25, 0.3) is 10.0 Å². The molecular formula is C27H29BrClN3O4S. The van der Waals surface area contributed by atoms with Gasteiger partial charge >= 0.3 is 0 Å². The standard InChI is InChI=1S/C27H29BrClN3O4S/c1-3-25(27(34)30-4-2)31(18-20-13-15-22(29)16-14-20)26(33)19-32(23-10-8-9-21(28)17-23)37(35,36)24-11-6-5-7-12-24/h5-17,25H,3-4,18-19H2,1-2H3,(H,30,34). The number of halogens is 2. The van der Waals surface area contributed by atoms with Crippen molar-refractivity contribution in [3.8, 4) is 0 Å². The molecule has 3 rings (SSSR count). The summed E-state index contributed by atoms with van der Waals surface area (Å²) in [6.45, 7) is 3.65. The van der Waals surface area contributed by atoms with Crippen LogP contribution in [0.3, 0.4) is 0 Å². The van der Waals surface area contributed by atoms with Gasteiger partial charge in [0.1, 0.15) is 12.6 Å². The topological polar surface area (TPSA) is 86.8 Å². The molecule has 0 saturated heterocycles. The number of anilines is 1. The van der Waals surface area contributed by atoms with E-state index >= 15 is 0 Å². The van der Waals surface area contributed by atoms with Crippen LogP contribution in [0.25, 0.3) is 0 Å². The molecule has 3 aromatic rings. The van der Waals surface area contributed by atoms with Gasteiger partial charge in [0.05, 0.1) is 10.6 Å². The average Bonchev–Trinajstić information content (AvgIpc) is 2.88. The fourth-order valence-electron chi connectivity index (χ4n) is 3.88. The Balaban J connectivity index is 2.04. The molecule has 0 fully saturated rings. The Morgan fingerprint density at radius 2 is 1.65 bits per heavy atom. The molecule has 1 N–H and O–H groups in total. The van der Waals surface area contributed by atoms with Gasteiger partial charge in [-0.3, -0.25) is 13.9 Å². The zero-order chi connectivity index (χ0) is 27.0. The summed E-state index contributed by atoms with van der Waals surface area (Å²) in [7, 11) is -4.09. The van der Waals surface area contributed by atoms with Gasteiger partial charge in [-0.1, -0.05) is 70.9 Å². The van der Waals surface area contributed by atoms with Gasteiger partial charge in [-0.2, -0.15) is 0 Å². The lowest BCUT2D eigenvalue weighted by molar-refractivity contribution is -0.140. The SMILES string of the molecule is CCNC(=O)C(CC)N(Cc1ccc(Cl)cc1)C(=O)CN(c1cccc(Br)c1)S(=O)(=O)c1ccccc1. The van der Waals surface area contributed by atoms with Crippen molar-refractivity contribution in [2.75, 3.05) is 17.4 Å². The molecule has 10 heteroatoms. The molecule has 1 atom stereocenters. The zero-order valence-corrected chi connectivity index (χ0v) is 23.8. The van der Waals surface area contributed by atoms with Crippen molar-refractivity contribution in [1.29, 1.82) is 0 Å². The van der Waals surface area contributed by atoms with Gasteiger partial charge in [-0.15, -0.1) is 0 Å². The van der Waals surface area contributed by atoms with Crippen molar-refractivity contribution in [1.82, 2.24) is 10.2 Å². The minimum atomic E-state index is -4.09. The monoisotopic (exact) mass is 605 g/mol. The summed E-state index contributed by atoms with van der Waals surface area (Å²) in [5.74, 6) is -0.806. The van der Waals surface area contributed by atoms with E-state index in [-0.39, 0.29) is 17.3 Å². The zero-order valence-electron chi connectivity index (χ0n) is 20.6. The number of likely N-dealkylation sites (N-methyl/N-ethyl adjacent to an activating group) is 1. The second kappa shape index (κ2) is 13.1. The lowest BCUT2D eigenvalue weighted by atomic mass is 10.1. The fourth-order valence-corrected chi connectivity index (χ4v) is 5.82. The first-order valence-corrected chi connectivity index (χ1v) is 14.4. The molecule has 0 aliphatic heterocycles. The number of carbonyl (C=O) groups is 2. The second-order valence-electron chi connectivity index (χ2n) is 8.27. The number of hydrogen-bond acceptors (Lipinski definition) is 4. The van der Waals surface area contributed by atoms with Crippen molar-refractivity contribution >= 4 is 55.1 Å². The van der Waals surface area contributed by atoms with Gasteiger partial charge in [0.2, 0.25) is 11.8 Å². The highest BCUT2D eigenvalue weighted by Crippen LogP contribution is 2.27. The third kappa shape index (κ3) is 7.34. The number of nitrogens with zero attached hydrogens (tertiary/aromatic N) is 2. The number of hydrogen-bond donors (Lipinski definition) is 1. The van der Waals surface area contributed by atoms with Crippen LogP contribution in [0.4, 0.5) is 5.69 Å². The molecule has 0 aromatic heterocycles. The first kappa shape index (κ1) is 28.7. The molecular weight excluding hydrogens is 578 g/mol. The molecule has 0 saturated carbocycles. The summed E-state index contributed by atoms with van der Waals surface area (Å²) in [5.41, 5.74) is 1.09. The molecule has 2 amide bonds. The van der Waals surface area contributed by atoms with Crippen LogP contribution in [0.1, 0.15) is 25.8 Å². The summed E-state index contributed by atoms with van der Waals surface area (Å²) in [6.07, 6.45) is 0.355. The number of benzene rings is 3. The molecule has 0 radical (unpaired) electrons. The Labute approximate surface area is 231 Å². The van der Waals surface area contributed by atoms with E-state index in [4.69, 9.17) is 11.6 Å². The first-order chi connectivity index (χ1) is 17.7. The molecule has 0 aliphatic rings. The van der Waals surface area contributed by atoms with Crippen molar-refractivity contribution < 1.29 is 18.0 Å². The van der Waals surface area contributed by atoms with E-state index in [1.165, 1.54) is 17.0 Å². The lowest BCUT2D eigenvalue weighted by Crippen LogP contribution is -2.52. The molecule has 7 nitrogen and oxygen atoms in total. The number of carbonyl (C=O) groups excluding carboxylic acids is 2. The van der Waals surface area contributed by atoms with Gasteiger partial charge < -0.3 is 10.2 Å². The van der Waals surface area contributed by atoms with Crippen LogP contribution in [-0.2, 0) is 26.2 Å². The van der Waals surface area contributed by atoms with E-state index in [1.807, 2.05) is 6.92 Å². The molecule has 3 aromatic carbocycles. The summed E-state index contributed by atoms with van der Waals surface area (Å²) in [5, 5.41) is 3.33. The Bertz CT molecular complexity index is 1320. The molecule has 0 bridgehead atoms. The summed E-state index contributed by atoms with van der Waals surface area (Å²) in [4.78, 5) is 28.3. The van der Waals surface area contributed by atoms with E-state index in [1.54, 1.807) is 73.7 Å². The van der Waals surface area contributed by atoms with Gasteiger partial charge in [-0.05, 0) is 61.4 Å². The van der Waals surface area contributed by atoms with Gasteiger partial charge in [0, 0.05) is 22.6 Å². The summed E-state index contributed by atoms with van der Waals surface area (Å²) >= 11 is 9.42. The quantitative estimate of drug-likeness (QED) is 0.323. The number of rotatable bonds is 11. The van der Waals surface area contributed by atoms with Crippen LogP contribution >= 0.6 is 27.5 Å². The van der Waals surface area contributed by atoms with E-state index in [0.717, 1.165) is 9.87 Å². The van der Waals surface area contributed by atoms with Gasteiger partial charge in [-0.25, -0.2) is 8.42 Å². The maximum atomic E-state index is 13.9. The Morgan fingerprint density at radius 3 is 2.24 bits per heavy atom. The molecule has 1 unspecified atom stereocenters. The van der Waals surface area contributed by atoms with Crippen LogP contribution in [0.5, 0.6) is 0 Å². The molecule has 0 spiro atoms. The number of amides is 2. The Kier molecular flexibility index (Phi) is 10.1. The maximum absolute atomic E-state index is 13.9. The van der Waals surface area contributed by atoms with E-state index in [9.17, 15) is 18.0 Å². The summed E-state index contributed by atoms with van der Waals surface area (Å²) in [6, 6.07) is 20.9. The second-order valence-corrected chi connectivity index (χ2v) is 11.5. The van der Waals surface area contributed by atoms with Crippen LogP contribution < -0.4 is 9.62 Å². The van der Waals surface area contributed by atoms with Gasteiger partial charge in [0.15, 0.2) is 0 Å². The number of nitrogens with one attached hydrogen (secondary N) is 1. The van der Waals surface area contributed by atoms with E-state index in [0.29, 0.717) is 28.1 Å². The highest BCUT2D eigenvalue weighted by atomic mass is 79.9. The lowest BCUT2D eigenvalue weighted by Gasteiger charge is -2.33. The normalized spacial score (nSPS) is 12.0. The van der Waals surface area contributed by atoms with Crippen molar-refractivity contribution in [2.45, 2.75) is 37.8 Å². The fraction of sp³-hybridized carbons (Fsp3) is 0.259. The number of sulfonamides is 1. The third-order valence-corrected chi connectivity index (χ3v) is 8.24. The van der Waals surface area contributed by atoms with Crippen LogP contribution in [0.15, 0.2) is 88.2 Å². The largest absolute Gasteiger partial charge is 0.355 e. The molecule has 196 valence electrons. The Morgan fingerprint density at radius 1 is 0.973 bits per heavy atom. The average molecular weight is 607 g/mol. The Hall–Kier alpha value is -2.88. The minimum absolute atomic E-state index is 0.0581.